The van der Waals surface area contributed by atoms with E-state index >= 15 is 0 Å². The summed E-state index contributed by atoms with van der Waals surface area (Å²) in [5.74, 6) is -2.33. The third-order valence-electron chi connectivity index (χ3n) is 3.89. The maximum absolute atomic E-state index is 13.9. The van der Waals surface area contributed by atoms with E-state index in [9.17, 15) is 27.1 Å². The van der Waals surface area contributed by atoms with E-state index < -0.39 is 47.2 Å². The zero-order chi connectivity index (χ0) is 20.4. The predicted molar refractivity (Wildman–Crippen MR) is 90.4 cm³/mol. The fraction of sp³-hybridized carbons (Fsp3) is 0.412. The minimum Gasteiger partial charge on any atom is -0.386 e. The highest BCUT2D eigenvalue weighted by atomic mass is 19.4. The monoisotopic (exact) mass is 390 g/mol. The number of hydrogen-bond donors (Lipinski definition) is 2. The van der Waals surface area contributed by atoms with Crippen molar-refractivity contribution in [1.29, 1.82) is 0 Å². The first-order valence-corrected chi connectivity index (χ1v) is 8.06. The molecule has 2 rings (SSSR count). The molecule has 2 N–H and O–H groups in total. The summed E-state index contributed by atoms with van der Waals surface area (Å²) in [6.45, 7) is 1.60. The zero-order valence-electron chi connectivity index (χ0n) is 14.8. The van der Waals surface area contributed by atoms with Crippen molar-refractivity contribution < 1.29 is 27.1 Å². The molecule has 2 atom stereocenters. The lowest BCUT2D eigenvalue weighted by molar-refractivity contribution is -0.141. The lowest BCUT2D eigenvalue weighted by Crippen LogP contribution is -2.30. The van der Waals surface area contributed by atoms with E-state index in [2.05, 4.69) is 15.3 Å². The van der Waals surface area contributed by atoms with Crippen molar-refractivity contribution in [3.8, 4) is 0 Å². The van der Waals surface area contributed by atoms with Crippen LogP contribution in [0.15, 0.2) is 24.3 Å². The fourth-order valence-corrected chi connectivity index (χ4v) is 2.44. The molecule has 1 aromatic heterocycles. The van der Waals surface area contributed by atoms with Crippen LogP contribution in [0.1, 0.15) is 30.7 Å². The number of rotatable bonds is 6. The Kier molecular flexibility index (Phi) is 6.19. The molecule has 0 amide bonds. The Morgan fingerprint density at radius 2 is 1.74 bits per heavy atom. The maximum Gasteiger partial charge on any atom is 0.433 e. The molecule has 1 heterocycles. The van der Waals surface area contributed by atoms with Gasteiger partial charge in [0.2, 0.25) is 5.95 Å². The highest BCUT2D eigenvalue weighted by Crippen LogP contribution is 2.31. The average Bonchev–Trinajstić information content (AvgIpc) is 2.58. The number of anilines is 2. The molecule has 2 aromatic rings. The van der Waals surface area contributed by atoms with Gasteiger partial charge in [0.1, 0.15) is 23.6 Å². The zero-order valence-corrected chi connectivity index (χ0v) is 14.8. The number of benzene rings is 1. The van der Waals surface area contributed by atoms with Crippen LogP contribution in [0.2, 0.25) is 0 Å². The number of alkyl halides is 3. The number of aromatic nitrogens is 2. The van der Waals surface area contributed by atoms with E-state index in [-0.39, 0.29) is 12.2 Å². The van der Waals surface area contributed by atoms with Crippen LogP contribution in [-0.2, 0) is 6.18 Å². The molecule has 0 aliphatic rings. The lowest BCUT2D eigenvalue weighted by atomic mass is 9.99. The molecule has 0 aliphatic heterocycles. The van der Waals surface area contributed by atoms with Crippen molar-refractivity contribution in [2.45, 2.75) is 31.7 Å². The first-order chi connectivity index (χ1) is 12.5. The highest BCUT2D eigenvalue weighted by Gasteiger charge is 2.34. The van der Waals surface area contributed by atoms with Crippen LogP contribution in [0.5, 0.6) is 0 Å². The summed E-state index contributed by atoms with van der Waals surface area (Å²) in [4.78, 5) is 8.74. The highest BCUT2D eigenvalue weighted by molar-refractivity contribution is 5.45. The molecule has 0 radical (unpaired) electrons. The standard InChI is InChI=1S/C17H19F5N4O/c1-4-11(15(27)14-9(18)6-5-7-10(14)19)23-16-24-12(17(20,21)22)8-13(25-16)26(2)3/h5-8,11,15,27H,4H2,1-3H3,(H,23,24,25)/t11-,15+/m1/s1. The molecule has 0 bridgehead atoms. The molecule has 0 unspecified atom stereocenters. The van der Waals surface area contributed by atoms with Crippen LogP contribution in [0.25, 0.3) is 0 Å². The smallest absolute Gasteiger partial charge is 0.386 e. The third kappa shape index (κ3) is 4.82. The van der Waals surface area contributed by atoms with Crippen LogP contribution in [0.3, 0.4) is 0 Å². The van der Waals surface area contributed by atoms with Crippen molar-refractivity contribution in [2.24, 2.45) is 0 Å². The summed E-state index contributed by atoms with van der Waals surface area (Å²) in [7, 11) is 3.01. The molecular formula is C17H19F5N4O. The minimum absolute atomic E-state index is 0.0127. The van der Waals surface area contributed by atoms with E-state index in [0.717, 1.165) is 24.3 Å². The molecule has 27 heavy (non-hydrogen) atoms. The number of aliphatic hydroxyl groups excluding tert-OH is 1. The first-order valence-electron chi connectivity index (χ1n) is 8.06. The number of nitrogens with one attached hydrogen (secondary N) is 1. The SMILES string of the molecule is CC[C@@H](Nc1nc(N(C)C)cc(C(F)(F)F)n1)[C@H](O)c1c(F)cccc1F. The molecule has 0 fully saturated rings. The second-order valence-corrected chi connectivity index (χ2v) is 6.07. The van der Waals surface area contributed by atoms with Gasteiger partial charge in [-0.2, -0.15) is 18.2 Å². The van der Waals surface area contributed by atoms with E-state index in [1.54, 1.807) is 6.92 Å². The Morgan fingerprint density at radius 3 is 2.22 bits per heavy atom. The summed E-state index contributed by atoms with van der Waals surface area (Å²) in [6.07, 6.45) is -6.22. The van der Waals surface area contributed by atoms with Gasteiger partial charge in [0.25, 0.3) is 0 Å². The van der Waals surface area contributed by atoms with Crippen LogP contribution in [0, 0.1) is 11.6 Å². The molecule has 148 valence electrons. The number of nitrogens with zero attached hydrogens (tertiary/aromatic N) is 3. The maximum atomic E-state index is 13.9. The Labute approximate surface area is 152 Å². The van der Waals surface area contributed by atoms with Gasteiger partial charge in [0.15, 0.2) is 5.69 Å². The van der Waals surface area contributed by atoms with Gasteiger partial charge in [-0.1, -0.05) is 13.0 Å². The third-order valence-corrected chi connectivity index (χ3v) is 3.89. The lowest BCUT2D eigenvalue weighted by Gasteiger charge is -2.25. The summed E-state index contributed by atoms with van der Waals surface area (Å²) in [5, 5.41) is 12.9. The predicted octanol–water partition coefficient (Wildman–Crippen LogP) is 3.76. The van der Waals surface area contributed by atoms with Gasteiger partial charge in [0.05, 0.1) is 11.6 Å². The Hall–Kier alpha value is -2.49. The number of aliphatic hydroxyl groups is 1. The Balaban J connectivity index is 2.39. The van der Waals surface area contributed by atoms with Gasteiger partial charge in [-0.05, 0) is 18.6 Å². The normalized spacial score (nSPS) is 14.0. The number of hydrogen-bond acceptors (Lipinski definition) is 5. The minimum atomic E-state index is -4.71. The quantitative estimate of drug-likeness (QED) is 0.736. The van der Waals surface area contributed by atoms with E-state index in [1.807, 2.05) is 0 Å². The van der Waals surface area contributed by atoms with Gasteiger partial charge in [-0.3, -0.25) is 0 Å². The molecule has 1 aromatic carbocycles. The molecule has 0 saturated carbocycles. The fourth-order valence-electron chi connectivity index (χ4n) is 2.44. The van der Waals surface area contributed by atoms with Crippen LogP contribution < -0.4 is 10.2 Å². The van der Waals surface area contributed by atoms with E-state index in [0.29, 0.717) is 0 Å². The van der Waals surface area contributed by atoms with Crippen molar-refractivity contribution in [2.75, 3.05) is 24.3 Å². The second kappa shape index (κ2) is 8.03. The Morgan fingerprint density at radius 1 is 1.15 bits per heavy atom. The van der Waals surface area contributed by atoms with Gasteiger partial charge < -0.3 is 15.3 Å². The van der Waals surface area contributed by atoms with E-state index in [4.69, 9.17) is 0 Å². The van der Waals surface area contributed by atoms with Gasteiger partial charge in [-0.15, -0.1) is 0 Å². The summed E-state index contributed by atoms with van der Waals surface area (Å²) < 4.78 is 67.0. The van der Waals surface area contributed by atoms with Crippen LogP contribution in [-0.4, -0.2) is 35.2 Å². The molecule has 0 aliphatic carbocycles. The van der Waals surface area contributed by atoms with Crippen LogP contribution in [0.4, 0.5) is 33.7 Å². The topological polar surface area (TPSA) is 61.3 Å². The second-order valence-electron chi connectivity index (χ2n) is 6.07. The first kappa shape index (κ1) is 20.8. The van der Waals surface area contributed by atoms with E-state index in [1.165, 1.54) is 19.0 Å². The Bertz CT molecular complexity index is 777. The average molecular weight is 390 g/mol. The van der Waals surface area contributed by atoms with Gasteiger partial charge in [-0.25, -0.2) is 13.8 Å². The summed E-state index contributed by atoms with van der Waals surface area (Å²) in [6, 6.07) is 2.88. The van der Waals surface area contributed by atoms with Gasteiger partial charge >= 0.3 is 6.18 Å². The largest absolute Gasteiger partial charge is 0.433 e. The molecule has 0 saturated heterocycles. The number of halogens is 5. The van der Waals surface area contributed by atoms with Gasteiger partial charge in [0, 0.05) is 20.2 Å². The van der Waals surface area contributed by atoms with Crippen molar-refractivity contribution in [3.63, 3.8) is 0 Å². The van der Waals surface area contributed by atoms with Crippen molar-refractivity contribution >= 4 is 11.8 Å². The van der Waals surface area contributed by atoms with Crippen molar-refractivity contribution in [1.82, 2.24) is 9.97 Å². The molecule has 10 heteroatoms. The molecule has 0 spiro atoms. The van der Waals surface area contributed by atoms with Crippen LogP contribution >= 0.6 is 0 Å². The summed E-state index contributed by atoms with van der Waals surface area (Å²) >= 11 is 0. The molecule has 5 nitrogen and oxygen atoms in total. The summed E-state index contributed by atoms with van der Waals surface area (Å²) in [5.41, 5.74) is -1.75. The van der Waals surface area contributed by atoms with Crippen molar-refractivity contribution in [3.05, 3.63) is 47.2 Å². The molecular weight excluding hydrogens is 371 g/mol.